The highest BCUT2D eigenvalue weighted by atomic mass is 35.5. The van der Waals surface area contributed by atoms with E-state index < -0.39 is 0 Å². The Hall–Kier alpha value is -1.71. The van der Waals surface area contributed by atoms with E-state index in [4.69, 9.17) is 23.2 Å². The highest BCUT2D eigenvalue weighted by Crippen LogP contribution is 2.29. The Kier molecular flexibility index (Phi) is 3.75. The van der Waals surface area contributed by atoms with Gasteiger partial charge in [-0.25, -0.2) is 0 Å². The van der Waals surface area contributed by atoms with Gasteiger partial charge in [-0.3, -0.25) is 4.99 Å². The average molecular weight is 281 g/mol. The number of para-hydroxylation sites is 2. The predicted molar refractivity (Wildman–Crippen MR) is 71.3 cm³/mol. The van der Waals surface area contributed by atoms with Crippen molar-refractivity contribution in [3.05, 3.63) is 52.0 Å². The molecule has 0 saturated heterocycles. The molecule has 18 heavy (non-hydrogen) atoms. The van der Waals surface area contributed by atoms with E-state index in [0.29, 0.717) is 10.7 Å². The summed E-state index contributed by atoms with van der Waals surface area (Å²) >= 11 is 11.5. The third-order valence-electron chi connectivity index (χ3n) is 2.26. The molecule has 0 saturated carbocycles. The Labute approximate surface area is 114 Å². The number of phenolic OH excluding ortho intramolecular Hbond substituents is 1. The fraction of sp³-hybridized carbons (Fsp3) is 0. The predicted octanol–water partition coefficient (Wildman–Crippen LogP) is 3.52. The van der Waals surface area contributed by atoms with Gasteiger partial charge < -0.3 is 10.2 Å². The van der Waals surface area contributed by atoms with Gasteiger partial charge in [-0.05, 0) is 29.8 Å². The van der Waals surface area contributed by atoms with Crippen molar-refractivity contribution in [3.8, 4) is 11.5 Å². The molecule has 0 spiro atoms. The second kappa shape index (κ2) is 5.29. The van der Waals surface area contributed by atoms with Crippen LogP contribution in [0.3, 0.4) is 0 Å². The lowest BCUT2D eigenvalue weighted by Crippen LogP contribution is -1.97. The molecule has 0 aliphatic heterocycles. The van der Waals surface area contributed by atoms with Gasteiger partial charge in [0.25, 0.3) is 0 Å². The molecular formula is C13H8Cl2NO2-. The molecule has 5 heteroatoms. The standard InChI is InChI=1S/C13H9Cl2NO2/c14-9-5-8(13(18)10(15)6-9)7-16-11-3-1-2-4-12(11)17/h1-7,17-18H/p-1. The van der Waals surface area contributed by atoms with Crippen LogP contribution in [0.2, 0.25) is 10.0 Å². The van der Waals surface area contributed by atoms with Crippen LogP contribution < -0.4 is 5.11 Å². The molecule has 0 heterocycles. The van der Waals surface area contributed by atoms with Gasteiger partial charge in [0, 0.05) is 16.3 Å². The third kappa shape index (κ3) is 2.75. The molecule has 0 radical (unpaired) electrons. The van der Waals surface area contributed by atoms with Crippen molar-refractivity contribution in [2.24, 2.45) is 4.99 Å². The van der Waals surface area contributed by atoms with Gasteiger partial charge >= 0.3 is 0 Å². The van der Waals surface area contributed by atoms with Gasteiger partial charge in [0.2, 0.25) is 0 Å². The lowest BCUT2D eigenvalue weighted by atomic mass is 10.2. The molecule has 0 amide bonds. The lowest BCUT2D eigenvalue weighted by Gasteiger charge is -2.12. The van der Waals surface area contributed by atoms with E-state index >= 15 is 0 Å². The maximum Gasteiger partial charge on any atom is 0.141 e. The molecular weight excluding hydrogens is 273 g/mol. The molecule has 0 unspecified atom stereocenters. The van der Waals surface area contributed by atoms with Crippen LogP contribution in [0.4, 0.5) is 5.69 Å². The molecule has 0 atom stereocenters. The molecule has 0 aliphatic rings. The van der Waals surface area contributed by atoms with E-state index in [1.165, 1.54) is 24.4 Å². The minimum Gasteiger partial charge on any atom is -0.871 e. The van der Waals surface area contributed by atoms with Crippen LogP contribution in [-0.4, -0.2) is 11.3 Å². The number of aromatic hydroxyl groups is 1. The first-order valence-corrected chi connectivity index (χ1v) is 5.81. The summed E-state index contributed by atoms with van der Waals surface area (Å²) in [6, 6.07) is 9.40. The zero-order chi connectivity index (χ0) is 13.1. The molecule has 0 fully saturated rings. The summed E-state index contributed by atoms with van der Waals surface area (Å²) < 4.78 is 0. The van der Waals surface area contributed by atoms with E-state index in [9.17, 15) is 10.2 Å². The summed E-state index contributed by atoms with van der Waals surface area (Å²) in [6.45, 7) is 0. The van der Waals surface area contributed by atoms with Crippen molar-refractivity contribution < 1.29 is 10.2 Å². The topological polar surface area (TPSA) is 55.7 Å². The molecule has 1 N–H and O–H groups in total. The summed E-state index contributed by atoms with van der Waals surface area (Å²) in [4.78, 5) is 4.03. The van der Waals surface area contributed by atoms with Gasteiger partial charge in [0.05, 0.1) is 0 Å². The maximum absolute atomic E-state index is 11.7. The van der Waals surface area contributed by atoms with Gasteiger partial charge in [0.15, 0.2) is 0 Å². The Morgan fingerprint density at radius 2 is 1.89 bits per heavy atom. The van der Waals surface area contributed by atoms with Crippen LogP contribution in [0.25, 0.3) is 0 Å². The number of hydrogen-bond acceptors (Lipinski definition) is 3. The molecule has 2 aromatic rings. The maximum atomic E-state index is 11.7. The Bertz CT molecular complexity index is 612. The van der Waals surface area contributed by atoms with Crippen LogP contribution in [-0.2, 0) is 0 Å². The fourth-order valence-corrected chi connectivity index (χ4v) is 1.90. The highest BCUT2D eigenvalue weighted by molar-refractivity contribution is 6.36. The molecule has 0 aliphatic carbocycles. The van der Waals surface area contributed by atoms with Crippen molar-refractivity contribution in [1.82, 2.24) is 0 Å². The second-order valence-electron chi connectivity index (χ2n) is 3.55. The zero-order valence-corrected chi connectivity index (χ0v) is 10.6. The van der Waals surface area contributed by atoms with Gasteiger partial charge in [-0.1, -0.05) is 41.1 Å². The molecule has 92 valence electrons. The van der Waals surface area contributed by atoms with E-state index in [1.807, 2.05) is 0 Å². The smallest absolute Gasteiger partial charge is 0.141 e. The summed E-state index contributed by atoms with van der Waals surface area (Å²) in [5.74, 6) is -0.311. The number of hydrogen-bond donors (Lipinski definition) is 1. The van der Waals surface area contributed by atoms with Crippen molar-refractivity contribution in [1.29, 1.82) is 0 Å². The first kappa shape index (κ1) is 12.7. The Morgan fingerprint density at radius 3 is 2.61 bits per heavy atom. The van der Waals surface area contributed by atoms with E-state index in [-0.39, 0.29) is 22.1 Å². The van der Waals surface area contributed by atoms with Crippen LogP contribution in [0.5, 0.6) is 11.5 Å². The minimum atomic E-state index is -0.347. The quantitative estimate of drug-likeness (QED) is 0.856. The second-order valence-corrected chi connectivity index (χ2v) is 4.40. The molecule has 2 rings (SSSR count). The fourth-order valence-electron chi connectivity index (χ4n) is 1.39. The lowest BCUT2D eigenvalue weighted by molar-refractivity contribution is -0.268. The van der Waals surface area contributed by atoms with Crippen molar-refractivity contribution in [2.45, 2.75) is 0 Å². The number of phenols is 1. The first-order valence-electron chi connectivity index (χ1n) is 5.06. The highest BCUT2D eigenvalue weighted by Gasteiger charge is 2.00. The van der Waals surface area contributed by atoms with Crippen LogP contribution in [0.15, 0.2) is 41.4 Å². The van der Waals surface area contributed by atoms with Crippen molar-refractivity contribution in [3.63, 3.8) is 0 Å². The Morgan fingerprint density at radius 1 is 1.17 bits per heavy atom. The van der Waals surface area contributed by atoms with Gasteiger partial charge in [-0.2, -0.15) is 0 Å². The van der Waals surface area contributed by atoms with E-state index in [0.717, 1.165) is 0 Å². The first-order chi connectivity index (χ1) is 8.58. The molecule has 2 aromatic carbocycles. The summed E-state index contributed by atoms with van der Waals surface area (Å²) in [7, 11) is 0. The summed E-state index contributed by atoms with van der Waals surface area (Å²) in [6.07, 6.45) is 1.33. The average Bonchev–Trinajstić information content (AvgIpc) is 2.33. The number of halogens is 2. The normalized spacial score (nSPS) is 11.0. The van der Waals surface area contributed by atoms with Crippen LogP contribution >= 0.6 is 23.2 Å². The molecule has 3 nitrogen and oxygen atoms in total. The van der Waals surface area contributed by atoms with Crippen LogP contribution in [0, 0.1) is 0 Å². The van der Waals surface area contributed by atoms with E-state index in [2.05, 4.69) is 4.99 Å². The van der Waals surface area contributed by atoms with E-state index in [1.54, 1.807) is 18.2 Å². The monoisotopic (exact) mass is 280 g/mol. The molecule has 0 aromatic heterocycles. The number of aliphatic imine (C=N–C) groups is 1. The zero-order valence-electron chi connectivity index (χ0n) is 9.10. The number of benzene rings is 2. The van der Waals surface area contributed by atoms with Gasteiger partial charge in [-0.15, -0.1) is 0 Å². The number of nitrogens with zero attached hydrogens (tertiary/aromatic N) is 1. The SMILES string of the molecule is [O-]c1c(Cl)cc(Cl)cc1C=Nc1ccccc1O. The van der Waals surface area contributed by atoms with Crippen molar-refractivity contribution in [2.75, 3.05) is 0 Å². The summed E-state index contributed by atoms with van der Waals surface area (Å²) in [5, 5.41) is 21.6. The minimum absolute atomic E-state index is 0.0364. The third-order valence-corrected chi connectivity index (χ3v) is 2.76. The number of rotatable bonds is 2. The van der Waals surface area contributed by atoms with Crippen LogP contribution in [0.1, 0.15) is 5.56 Å². The Balaban J connectivity index is 2.38. The largest absolute Gasteiger partial charge is 0.871 e. The molecule has 0 bridgehead atoms. The summed E-state index contributed by atoms with van der Waals surface area (Å²) in [5.41, 5.74) is 0.642. The van der Waals surface area contributed by atoms with Gasteiger partial charge in [0.1, 0.15) is 11.4 Å². The van der Waals surface area contributed by atoms with Crippen molar-refractivity contribution >= 4 is 35.1 Å².